The number of nitrogens with one attached hydrogen (secondary N) is 2. The summed E-state index contributed by atoms with van der Waals surface area (Å²) in [6.07, 6.45) is 0.447. The first-order valence-electron chi connectivity index (χ1n) is 5.66. The molecule has 0 fully saturated rings. The van der Waals surface area contributed by atoms with Crippen LogP contribution in [-0.4, -0.2) is 28.6 Å². The van der Waals surface area contributed by atoms with Gasteiger partial charge in [0, 0.05) is 23.0 Å². The number of aromatic carboxylic acids is 1. The molecule has 1 aromatic carbocycles. The monoisotopic (exact) mass is 339 g/mol. The second-order valence-electron chi connectivity index (χ2n) is 4.08. The Morgan fingerprint density at radius 3 is 2.65 bits per heavy atom. The van der Waals surface area contributed by atoms with Gasteiger partial charge < -0.3 is 10.4 Å². The van der Waals surface area contributed by atoms with Gasteiger partial charge in [0.1, 0.15) is 5.71 Å². The molecule has 0 aliphatic carbocycles. The van der Waals surface area contributed by atoms with E-state index in [2.05, 4.69) is 31.8 Å². The summed E-state index contributed by atoms with van der Waals surface area (Å²) in [6, 6.07) is 4.34. The molecule has 20 heavy (non-hydrogen) atoms. The van der Waals surface area contributed by atoms with Crippen molar-refractivity contribution in [1.29, 1.82) is 0 Å². The highest BCUT2D eigenvalue weighted by Gasteiger charge is 2.18. The molecule has 1 heterocycles. The first-order valence-corrected chi connectivity index (χ1v) is 6.45. The number of carboxylic acids is 1. The summed E-state index contributed by atoms with van der Waals surface area (Å²) >= 11 is 3.17. The Kier molecular flexibility index (Phi) is 4.14. The Morgan fingerprint density at radius 2 is 2.05 bits per heavy atom. The maximum Gasteiger partial charge on any atom is 0.335 e. The average Bonchev–Trinajstić information content (AvgIpc) is 2.38. The molecule has 1 aliphatic heterocycles. The lowest BCUT2D eigenvalue weighted by molar-refractivity contribution is -0.121. The van der Waals surface area contributed by atoms with Crippen LogP contribution in [0.4, 0.5) is 5.69 Å². The molecule has 1 aliphatic rings. The van der Waals surface area contributed by atoms with E-state index < -0.39 is 11.9 Å². The van der Waals surface area contributed by atoms with E-state index in [4.69, 9.17) is 5.11 Å². The second kappa shape index (κ2) is 5.83. The maximum absolute atomic E-state index is 11.9. The van der Waals surface area contributed by atoms with Gasteiger partial charge in [0.15, 0.2) is 0 Å². The SMILES string of the molecule is O=C1CCC(C(=O)Nc2cc(Br)cc(C(=O)O)c2)=NN1. The first kappa shape index (κ1) is 14.2. The molecule has 1 aromatic rings. The van der Waals surface area contributed by atoms with Gasteiger partial charge in [-0.3, -0.25) is 9.59 Å². The van der Waals surface area contributed by atoms with Gasteiger partial charge in [0.2, 0.25) is 5.91 Å². The molecule has 8 heteroatoms. The number of carbonyl (C=O) groups excluding carboxylic acids is 2. The van der Waals surface area contributed by atoms with Crippen LogP contribution in [0, 0.1) is 0 Å². The number of hydrogen-bond donors (Lipinski definition) is 3. The van der Waals surface area contributed by atoms with Crippen LogP contribution in [0.1, 0.15) is 23.2 Å². The van der Waals surface area contributed by atoms with E-state index in [9.17, 15) is 14.4 Å². The van der Waals surface area contributed by atoms with E-state index >= 15 is 0 Å². The second-order valence-corrected chi connectivity index (χ2v) is 5.00. The van der Waals surface area contributed by atoms with Gasteiger partial charge in [-0.25, -0.2) is 10.2 Å². The van der Waals surface area contributed by atoms with Crippen molar-refractivity contribution in [1.82, 2.24) is 5.43 Å². The predicted molar refractivity (Wildman–Crippen MR) is 74.5 cm³/mol. The number of carbonyl (C=O) groups is 3. The highest BCUT2D eigenvalue weighted by molar-refractivity contribution is 9.10. The molecule has 0 radical (unpaired) electrons. The molecule has 0 atom stereocenters. The van der Waals surface area contributed by atoms with Gasteiger partial charge in [-0.15, -0.1) is 0 Å². The van der Waals surface area contributed by atoms with Crippen molar-refractivity contribution in [3.05, 3.63) is 28.2 Å². The van der Waals surface area contributed by atoms with Crippen LogP contribution in [0.15, 0.2) is 27.8 Å². The molecular formula is C12H10BrN3O4. The minimum absolute atomic E-state index is 0.0496. The van der Waals surface area contributed by atoms with Crippen molar-refractivity contribution in [2.75, 3.05) is 5.32 Å². The van der Waals surface area contributed by atoms with Gasteiger partial charge in [0.05, 0.1) is 5.56 Å². The van der Waals surface area contributed by atoms with Crippen LogP contribution in [0.2, 0.25) is 0 Å². The molecule has 3 N–H and O–H groups in total. The minimum atomic E-state index is -1.09. The van der Waals surface area contributed by atoms with Crippen LogP contribution in [0.25, 0.3) is 0 Å². The van der Waals surface area contributed by atoms with E-state index in [1.807, 2.05) is 0 Å². The van der Waals surface area contributed by atoms with Crippen LogP contribution < -0.4 is 10.7 Å². The fraction of sp³-hybridized carbons (Fsp3) is 0.167. The molecule has 7 nitrogen and oxygen atoms in total. The molecule has 0 unspecified atom stereocenters. The number of benzene rings is 1. The number of halogens is 1. The summed E-state index contributed by atoms with van der Waals surface area (Å²) in [6.45, 7) is 0. The van der Waals surface area contributed by atoms with Gasteiger partial charge in [-0.2, -0.15) is 5.10 Å². The van der Waals surface area contributed by atoms with Gasteiger partial charge in [-0.05, 0) is 18.2 Å². The molecule has 0 saturated carbocycles. The zero-order valence-electron chi connectivity index (χ0n) is 10.1. The Balaban J connectivity index is 2.15. The summed E-state index contributed by atoms with van der Waals surface area (Å²) in [7, 11) is 0. The Morgan fingerprint density at radius 1 is 1.30 bits per heavy atom. The van der Waals surface area contributed by atoms with Crippen LogP contribution in [0.3, 0.4) is 0 Å². The summed E-state index contributed by atoms with van der Waals surface area (Å²) in [5.74, 6) is -1.80. The average molecular weight is 340 g/mol. The first-order chi connectivity index (χ1) is 9.45. The quantitative estimate of drug-likeness (QED) is 0.772. The lowest BCUT2D eigenvalue weighted by Crippen LogP contribution is -2.32. The standard InChI is InChI=1S/C12H10BrN3O4/c13-7-3-6(12(19)20)4-8(5-7)14-11(18)9-1-2-10(17)16-15-9/h3-5H,1-2H2,(H,14,18)(H,16,17)(H,19,20). The smallest absolute Gasteiger partial charge is 0.335 e. The van der Waals surface area contributed by atoms with Gasteiger partial charge >= 0.3 is 5.97 Å². The fourth-order valence-corrected chi connectivity index (χ4v) is 2.12. The van der Waals surface area contributed by atoms with Gasteiger partial charge in [-0.1, -0.05) is 15.9 Å². The number of hydrogen-bond acceptors (Lipinski definition) is 4. The van der Waals surface area contributed by atoms with Crippen LogP contribution >= 0.6 is 15.9 Å². The minimum Gasteiger partial charge on any atom is -0.478 e. The maximum atomic E-state index is 11.9. The summed E-state index contributed by atoms with van der Waals surface area (Å²) in [4.78, 5) is 33.8. The number of rotatable bonds is 3. The van der Waals surface area contributed by atoms with Crippen LogP contribution in [-0.2, 0) is 9.59 Å². The molecule has 2 amide bonds. The zero-order valence-corrected chi connectivity index (χ0v) is 11.7. The van der Waals surface area contributed by atoms with E-state index in [1.54, 1.807) is 6.07 Å². The normalized spacial score (nSPS) is 14.2. The lowest BCUT2D eigenvalue weighted by atomic mass is 10.1. The third kappa shape index (κ3) is 3.41. The third-order valence-electron chi connectivity index (χ3n) is 2.57. The summed E-state index contributed by atoms with van der Waals surface area (Å²) < 4.78 is 0.534. The summed E-state index contributed by atoms with van der Waals surface area (Å²) in [5.41, 5.74) is 2.80. The van der Waals surface area contributed by atoms with E-state index in [0.717, 1.165) is 0 Å². The van der Waals surface area contributed by atoms with Crippen molar-refractivity contribution in [2.45, 2.75) is 12.8 Å². The number of carboxylic acid groups (broad SMARTS) is 1. The molecule has 0 bridgehead atoms. The van der Waals surface area contributed by atoms with Crippen LogP contribution in [0.5, 0.6) is 0 Å². The topological polar surface area (TPSA) is 108 Å². The highest BCUT2D eigenvalue weighted by Crippen LogP contribution is 2.20. The summed E-state index contributed by atoms with van der Waals surface area (Å²) in [5, 5.41) is 15.2. The van der Waals surface area contributed by atoms with E-state index in [0.29, 0.717) is 10.2 Å². The molecule has 2 rings (SSSR count). The fourth-order valence-electron chi connectivity index (χ4n) is 1.63. The largest absolute Gasteiger partial charge is 0.478 e. The number of hydrazone groups is 1. The highest BCUT2D eigenvalue weighted by atomic mass is 79.9. The Hall–Kier alpha value is -2.22. The predicted octanol–water partition coefficient (Wildman–Crippen LogP) is 1.35. The third-order valence-corrected chi connectivity index (χ3v) is 3.03. The van der Waals surface area contributed by atoms with E-state index in [-0.39, 0.29) is 30.0 Å². The van der Waals surface area contributed by atoms with Crippen molar-refractivity contribution >= 4 is 45.1 Å². The lowest BCUT2D eigenvalue weighted by Gasteiger charge is -2.12. The van der Waals surface area contributed by atoms with Crippen molar-refractivity contribution < 1.29 is 19.5 Å². The Labute approximate surface area is 122 Å². The van der Waals surface area contributed by atoms with Crippen molar-refractivity contribution in [3.8, 4) is 0 Å². The zero-order chi connectivity index (χ0) is 14.7. The van der Waals surface area contributed by atoms with Gasteiger partial charge in [0.25, 0.3) is 5.91 Å². The molecule has 0 saturated heterocycles. The Bertz CT molecular complexity index is 627. The molecule has 0 spiro atoms. The molecule has 104 valence electrons. The van der Waals surface area contributed by atoms with E-state index in [1.165, 1.54) is 12.1 Å². The molecule has 0 aromatic heterocycles. The number of anilines is 1. The number of nitrogens with zero attached hydrogens (tertiary/aromatic N) is 1. The van der Waals surface area contributed by atoms with Crippen molar-refractivity contribution in [2.24, 2.45) is 5.10 Å². The molecular weight excluding hydrogens is 330 g/mol. The number of amides is 2. The van der Waals surface area contributed by atoms with Crippen molar-refractivity contribution in [3.63, 3.8) is 0 Å².